The predicted molar refractivity (Wildman–Crippen MR) is 81.3 cm³/mol. The van der Waals surface area contributed by atoms with Crippen LogP contribution in [0.5, 0.6) is 0 Å². The highest BCUT2D eigenvalue weighted by Crippen LogP contribution is 2.37. The van der Waals surface area contributed by atoms with Gasteiger partial charge in [-0.05, 0) is 48.1 Å². The summed E-state index contributed by atoms with van der Waals surface area (Å²) in [5.74, 6) is -0.198. The molecule has 0 fully saturated rings. The number of benzene rings is 1. The minimum Gasteiger partial charge on any atom is -0.329 e. The molecule has 2 aromatic rings. The van der Waals surface area contributed by atoms with Gasteiger partial charge in [-0.2, -0.15) is 0 Å². The van der Waals surface area contributed by atoms with Crippen molar-refractivity contribution < 1.29 is 4.39 Å². The molecule has 2 nitrogen and oxygen atoms in total. The molecule has 1 aromatic heterocycles. The van der Waals surface area contributed by atoms with Crippen molar-refractivity contribution in [3.05, 3.63) is 57.5 Å². The summed E-state index contributed by atoms with van der Waals surface area (Å²) in [6, 6.07) is 9.47. The summed E-state index contributed by atoms with van der Waals surface area (Å²) < 4.78 is 13.1. The number of rotatable bonds is 3. The van der Waals surface area contributed by atoms with Gasteiger partial charge >= 0.3 is 0 Å². The fourth-order valence-electron chi connectivity index (χ4n) is 3.10. The van der Waals surface area contributed by atoms with Crippen LogP contribution in [0.25, 0.3) is 0 Å². The Kier molecular flexibility index (Phi) is 3.87. The molecular weight excluding hydrogens is 271 g/mol. The van der Waals surface area contributed by atoms with E-state index in [4.69, 9.17) is 5.73 Å². The predicted octanol–water partition coefficient (Wildman–Crippen LogP) is 3.51. The van der Waals surface area contributed by atoms with Gasteiger partial charge in [-0.1, -0.05) is 12.1 Å². The van der Waals surface area contributed by atoms with Crippen LogP contribution in [0, 0.1) is 5.82 Å². The zero-order valence-corrected chi connectivity index (χ0v) is 12.4. The third-order valence-electron chi connectivity index (χ3n) is 4.20. The third-order valence-corrected chi connectivity index (χ3v) is 5.20. The van der Waals surface area contributed by atoms with Gasteiger partial charge in [-0.3, -0.25) is 4.90 Å². The van der Waals surface area contributed by atoms with Gasteiger partial charge in [0, 0.05) is 30.1 Å². The minimum absolute atomic E-state index is 0.152. The fourth-order valence-corrected chi connectivity index (χ4v) is 4.07. The first-order chi connectivity index (χ1) is 9.70. The Labute approximate surface area is 123 Å². The summed E-state index contributed by atoms with van der Waals surface area (Å²) >= 11 is 1.84. The van der Waals surface area contributed by atoms with Gasteiger partial charge in [-0.25, -0.2) is 4.39 Å². The van der Waals surface area contributed by atoms with Gasteiger partial charge in [-0.15, -0.1) is 11.3 Å². The number of halogens is 1. The second-order valence-electron chi connectivity index (χ2n) is 5.27. The maximum atomic E-state index is 13.1. The molecule has 0 saturated heterocycles. The third kappa shape index (κ3) is 2.39. The first-order valence-electron chi connectivity index (χ1n) is 6.98. The number of hydrogen-bond donors (Lipinski definition) is 1. The number of fused-ring (bicyclic) bond motifs is 1. The van der Waals surface area contributed by atoms with Crippen LogP contribution in [0.4, 0.5) is 4.39 Å². The van der Waals surface area contributed by atoms with Gasteiger partial charge in [0.1, 0.15) is 5.82 Å². The lowest BCUT2D eigenvalue weighted by atomic mass is 9.96. The molecule has 2 atom stereocenters. The lowest BCUT2D eigenvalue weighted by molar-refractivity contribution is 0.138. The lowest BCUT2D eigenvalue weighted by Gasteiger charge is -2.39. The summed E-state index contributed by atoms with van der Waals surface area (Å²) in [5, 5.41) is 2.17. The largest absolute Gasteiger partial charge is 0.329 e. The van der Waals surface area contributed by atoms with Crippen molar-refractivity contribution in [1.82, 2.24) is 4.90 Å². The van der Waals surface area contributed by atoms with Crippen molar-refractivity contribution in [3.8, 4) is 0 Å². The summed E-state index contributed by atoms with van der Waals surface area (Å²) in [5.41, 5.74) is 8.51. The van der Waals surface area contributed by atoms with Crippen molar-refractivity contribution in [2.24, 2.45) is 5.73 Å². The molecule has 0 saturated carbocycles. The van der Waals surface area contributed by atoms with Crippen molar-refractivity contribution >= 4 is 11.3 Å². The number of thiophene rings is 1. The number of nitrogens with zero attached hydrogens (tertiary/aromatic N) is 1. The van der Waals surface area contributed by atoms with Crippen molar-refractivity contribution in [1.29, 1.82) is 0 Å². The highest BCUT2D eigenvalue weighted by molar-refractivity contribution is 7.10. The maximum absolute atomic E-state index is 13.1. The zero-order chi connectivity index (χ0) is 14.1. The van der Waals surface area contributed by atoms with E-state index in [2.05, 4.69) is 23.3 Å². The Balaban J connectivity index is 1.89. The molecule has 0 radical (unpaired) electrons. The average Bonchev–Trinajstić information content (AvgIpc) is 2.93. The second-order valence-corrected chi connectivity index (χ2v) is 6.27. The van der Waals surface area contributed by atoms with Crippen LogP contribution in [0.15, 0.2) is 35.7 Å². The smallest absolute Gasteiger partial charge is 0.123 e. The van der Waals surface area contributed by atoms with Crippen molar-refractivity contribution in [3.63, 3.8) is 0 Å². The molecule has 4 heteroatoms. The van der Waals surface area contributed by atoms with E-state index in [1.54, 1.807) is 0 Å². The van der Waals surface area contributed by atoms with E-state index >= 15 is 0 Å². The Morgan fingerprint density at radius 2 is 2.10 bits per heavy atom. The molecule has 0 aliphatic carbocycles. The number of nitrogens with two attached hydrogens (primary N) is 1. The quantitative estimate of drug-likeness (QED) is 0.937. The fraction of sp³-hybridized carbons (Fsp3) is 0.375. The van der Waals surface area contributed by atoms with E-state index in [0.29, 0.717) is 12.6 Å². The van der Waals surface area contributed by atoms with Crippen LogP contribution >= 0.6 is 11.3 Å². The summed E-state index contributed by atoms with van der Waals surface area (Å²) in [6.07, 6.45) is 1.08. The molecule has 2 heterocycles. The standard InChI is InChI=1S/C16H19FN2S/c1-11-14-7-9-20-16(14)6-8-19(11)15(10-18)12-2-4-13(17)5-3-12/h2-5,7,9,11,15H,6,8,10,18H2,1H3. The van der Waals surface area contributed by atoms with Gasteiger partial charge in [0.05, 0.1) is 0 Å². The molecule has 0 amide bonds. The van der Waals surface area contributed by atoms with E-state index in [9.17, 15) is 4.39 Å². The minimum atomic E-state index is -0.198. The summed E-state index contributed by atoms with van der Waals surface area (Å²) in [6.45, 7) is 3.79. The Hall–Kier alpha value is -1.23. The second kappa shape index (κ2) is 5.64. The van der Waals surface area contributed by atoms with Crippen LogP contribution in [0.2, 0.25) is 0 Å². The van der Waals surface area contributed by atoms with E-state index in [-0.39, 0.29) is 11.9 Å². The average molecular weight is 290 g/mol. The Morgan fingerprint density at radius 1 is 1.35 bits per heavy atom. The molecule has 2 N–H and O–H groups in total. The topological polar surface area (TPSA) is 29.3 Å². The van der Waals surface area contributed by atoms with Crippen LogP contribution in [-0.4, -0.2) is 18.0 Å². The molecule has 2 unspecified atom stereocenters. The SMILES string of the molecule is CC1c2ccsc2CCN1C(CN)c1ccc(F)cc1. The molecule has 1 aliphatic rings. The normalized spacial score (nSPS) is 20.6. The van der Waals surface area contributed by atoms with E-state index in [1.165, 1.54) is 22.6 Å². The van der Waals surface area contributed by atoms with E-state index < -0.39 is 0 Å². The van der Waals surface area contributed by atoms with Crippen molar-refractivity contribution in [2.45, 2.75) is 25.4 Å². The Bertz CT molecular complexity index is 578. The van der Waals surface area contributed by atoms with Gasteiger partial charge in [0.2, 0.25) is 0 Å². The van der Waals surface area contributed by atoms with Crippen LogP contribution < -0.4 is 5.73 Å². The molecule has 0 bridgehead atoms. The molecular formula is C16H19FN2S. The van der Waals surface area contributed by atoms with Gasteiger partial charge < -0.3 is 5.73 Å². The summed E-state index contributed by atoms with van der Waals surface area (Å²) in [4.78, 5) is 3.92. The van der Waals surface area contributed by atoms with Crippen LogP contribution in [0.1, 0.15) is 35.0 Å². The maximum Gasteiger partial charge on any atom is 0.123 e. The monoisotopic (exact) mass is 290 g/mol. The molecule has 20 heavy (non-hydrogen) atoms. The van der Waals surface area contributed by atoms with E-state index in [0.717, 1.165) is 18.5 Å². The highest BCUT2D eigenvalue weighted by Gasteiger charge is 2.30. The van der Waals surface area contributed by atoms with Gasteiger partial charge in [0.15, 0.2) is 0 Å². The van der Waals surface area contributed by atoms with Crippen molar-refractivity contribution in [2.75, 3.05) is 13.1 Å². The van der Waals surface area contributed by atoms with Crippen LogP contribution in [-0.2, 0) is 6.42 Å². The molecule has 0 spiro atoms. The first-order valence-corrected chi connectivity index (χ1v) is 7.86. The number of hydrogen-bond acceptors (Lipinski definition) is 3. The highest BCUT2D eigenvalue weighted by atomic mass is 32.1. The van der Waals surface area contributed by atoms with Gasteiger partial charge in [0.25, 0.3) is 0 Å². The molecule has 106 valence electrons. The molecule has 1 aliphatic heterocycles. The Morgan fingerprint density at radius 3 is 2.80 bits per heavy atom. The summed E-state index contributed by atoms with van der Waals surface area (Å²) in [7, 11) is 0. The van der Waals surface area contributed by atoms with Crippen LogP contribution in [0.3, 0.4) is 0 Å². The zero-order valence-electron chi connectivity index (χ0n) is 11.6. The van der Waals surface area contributed by atoms with E-state index in [1.807, 2.05) is 23.5 Å². The molecule has 1 aromatic carbocycles. The molecule has 3 rings (SSSR count). The first kappa shape index (κ1) is 13.7. The lowest BCUT2D eigenvalue weighted by Crippen LogP contribution is -2.39.